The van der Waals surface area contributed by atoms with Crippen molar-refractivity contribution in [1.82, 2.24) is 4.90 Å². The Morgan fingerprint density at radius 2 is 1.82 bits per heavy atom. The van der Waals surface area contributed by atoms with Crippen LogP contribution in [0.1, 0.15) is 54.4 Å². The molecule has 1 aromatic heterocycles. The molecule has 0 N–H and O–H groups in total. The van der Waals surface area contributed by atoms with Crippen molar-refractivity contribution in [3.05, 3.63) is 81.2 Å². The molecule has 1 saturated heterocycles. The lowest BCUT2D eigenvalue weighted by atomic mass is 9.86. The van der Waals surface area contributed by atoms with Crippen LogP contribution in [0, 0.1) is 6.92 Å². The van der Waals surface area contributed by atoms with Crippen LogP contribution in [0.25, 0.3) is 11.0 Å². The average molecular weight is 468 g/mol. The van der Waals surface area contributed by atoms with Crippen LogP contribution in [0.15, 0.2) is 57.7 Å². The van der Waals surface area contributed by atoms with Crippen LogP contribution in [0.4, 0.5) is 0 Å². The maximum atomic E-state index is 13.6. The van der Waals surface area contributed by atoms with Gasteiger partial charge in [-0.05, 0) is 41.5 Å². The molecule has 4 rings (SSSR count). The predicted molar refractivity (Wildman–Crippen MR) is 129 cm³/mol. The van der Waals surface area contributed by atoms with Gasteiger partial charge in [-0.1, -0.05) is 57.2 Å². The summed E-state index contributed by atoms with van der Waals surface area (Å²) in [5.41, 5.74) is 2.90. The topological polar surface area (TPSA) is 84.7 Å². The monoisotopic (exact) mass is 467 g/mol. The SMILES string of the molecule is Cc1cccc2c(=O)cc(C(=O)N(Cc3ccc(C(C)(C)C)cc3)C3CCS(=O)(=O)C3)oc12. The molecule has 0 spiro atoms. The molecule has 0 aliphatic carbocycles. The Morgan fingerprint density at radius 1 is 1.12 bits per heavy atom. The van der Waals surface area contributed by atoms with Crippen molar-refractivity contribution in [3.8, 4) is 0 Å². The maximum absolute atomic E-state index is 13.6. The highest BCUT2D eigenvalue weighted by Crippen LogP contribution is 2.26. The third-order valence-corrected chi connectivity index (χ3v) is 8.00. The third kappa shape index (κ3) is 4.88. The van der Waals surface area contributed by atoms with Gasteiger partial charge in [0.15, 0.2) is 21.0 Å². The van der Waals surface area contributed by atoms with Gasteiger partial charge in [-0.25, -0.2) is 8.42 Å². The van der Waals surface area contributed by atoms with Crippen molar-refractivity contribution < 1.29 is 17.6 Å². The van der Waals surface area contributed by atoms with Crippen LogP contribution in [0.3, 0.4) is 0 Å². The fourth-order valence-electron chi connectivity index (χ4n) is 4.26. The number of fused-ring (bicyclic) bond motifs is 1. The minimum Gasteiger partial charge on any atom is -0.450 e. The second-order valence-electron chi connectivity index (χ2n) is 9.86. The fourth-order valence-corrected chi connectivity index (χ4v) is 5.99. The number of carbonyl (C=O) groups is 1. The number of nitrogens with zero attached hydrogens (tertiary/aromatic N) is 1. The maximum Gasteiger partial charge on any atom is 0.290 e. The van der Waals surface area contributed by atoms with Crippen LogP contribution in [-0.2, 0) is 21.8 Å². The highest BCUT2D eigenvalue weighted by molar-refractivity contribution is 7.91. The van der Waals surface area contributed by atoms with Crippen molar-refractivity contribution in [2.24, 2.45) is 0 Å². The van der Waals surface area contributed by atoms with E-state index in [1.807, 2.05) is 37.3 Å². The van der Waals surface area contributed by atoms with Crippen LogP contribution in [0.2, 0.25) is 0 Å². The minimum atomic E-state index is -3.21. The van der Waals surface area contributed by atoms with Gasteiger partial charge in [0.05, 0.1) is 16.9 Å². The minimum absolute atomic E-state index is 0.0000704. The zero-order chi connectivity index (χ0) is 24.0. The van der Waals surface area contributed by atoms with Gasteiger partial charge in [0.1, 0.15) is 5.58 Å². The Morgan fingerprint density at radius 3 is 2.42 bits per heavy atom. The van der Waals surface area contributed by atoms with Crippen LogP contribution < -0.4 is 5.43 Å². The standard InChI is InChI=1S/C26H29NO5S/c1-17-6-5-7-21-22(28)14-23(32-24(17)21)25(29)27(20-12-13-33(30,31)16-20)15-18-8-10-19(11-9-18)26(2,3)4/h5-11,14,20H,12-13,15-16H2,1-4H3. The number of hydrogen-bond acceptors (Lipinski definition) is 5. The first-order chi connectivity index (χ1) is 15.4. The molecule has 0 bridgehead atoms. The first-order valence-electron chi connectivity index (χ1n) is 11.1. The molecule has 1 aliphatic heterocycles. The van der Waals surface area contributed by atoms with Crippen molar-refractivity contribution in [1.29, 1.82) is 0 Å². The van der Waals surface area contributed by atoms with Gasteiger partial charge >= 0.3 is 0 Å². The molecule has 1 fully saturated rings. The molecular weight excluding hydrogens is 438 g/mol. The highest BCUT2D eigenvalue weighted by atomic mass is 32.2. The number of rotatable bonds is 4. The number of hydrogen-bond donors (Lipinski definition) is 0. The first kappa shape index (κ1) is 23.2. The Kier molecular flexibility index (Phi) is 5.95. The van der Waals surface area contributed by atoms with Crippen molar-refractivity contribution in [2.45, 2.75) is 52.1 Å². The van der Waals surface area contributed by atoms with E-state index in [2.05, 4.69) is 20.8 Å². The number of carbonyl (C=O) groups excluding carboxylic acids is 1. The zero-order valence-corrected chi connectivity index (χ0v) is 20.2. The lowest BCUT2D eigenvalue weighted by Gasteiger charge is -2.28. The molecule has 3 aromatic rings. The third-order valence-electron chi connectivity index (χ3n) is 6.25. The molecule has 2 heterocycles. The average Bonchev–Trinajstić information content (AvgIpc) is 3.11. The summed E-state index contributed by atoms with van der Waals surface area (Å²) >= 11 is 0. The molecular formula is C26H29NO5S. The zero-order valence-electron chi connectivity index (χ0n) is 19.4. The van der Waals surface area contributed by atoms with Gasteiger partial charge in [0.25, 0.3) is 5.91 Å². The summed E-state index contributed by atoms with van der Waals surface area (Å²) in [4.78, 5) is 27.8. The van der Waals surface area contributed by atoms with Crippen LogP contribution in [-0.4, -0.2) is 36.8 Å². The van der Waals surface area contributed by atoms with E-state index in [9.17, 15) is 18.0 Å². The van der Waals surface area contributed by atoms with E-state index < -0.39 is 21.8 Å². The van der Waals surface area contributed by atoms with E-state index in [0.717, 1.165) is 11.1 Å². The first-order valence-corrected chi connectivity index (χ1v) is 12.9. The molecule has 1 amide bonds. The van der Waals surface area contributed by atoms with E-state index in [1.54, 1.807) is 17.0 Å². The van der Waals surface area contributed by atoms with E-state index in [0.29, 0.717) is 17.4 Å². The summed E-state index contributed by atoms with van der Waals surface area (Å²) in [5, 5.41) is 0.416. The molecule has 6 nitrogen and oxygen atoms in total. The number of benzene rings is 2. The summed E-state index contributed by atoms with van der Waals surface area (Å²) in [6.45, 7) is 8.44. The largest absolute Gasteiger partial charge is 0.450 e. The molecule has 174 valence electrons. The molecule has 1 unspecified atom stereocenters. The number of para-hydroxylation sites is 1. The summed E-state index contributed by atoms with van der Waals surface area (Å²) in [5.74, 6) is -0.586. The normalized spacial score (nSPS) is 17.9. The molecule has 33 heavy (non-hydrogen) atoms. The number of sulfone groups is 1. The van der Waals surface area contributed by atoms with E-state index in [-0.39, 0.29) is 34.7 Å². The quantitative estimate of drug-likeness (QED) is 0.573. The van der Waals surface area contributed by atoms with E-state index in [4.69, 9.17) is 4.42 Å². The smallest absolute Gasteiger partial charge is 0.290 e. The van der Waals surface area contributed by atoms with Crippen molar-refractivity contribution in [3.63, 3.8) is 0 Å². The van der Waals surface area contributed by atoms with E-state index in [1.165, 1.54) is 11.6 Å². The second-order valence-corrected chi connectivity index (χ2v) is 12.1. The van der Waals surface area contributed by atoms with Gasteiger partial charge in [-0.3, -0.25) is 9.59 Å². The Bertz CT molecular complexity index is 1360. The van der Waals surface area contributed by atoms with Crippen molar-refractivity contribution in [2.75, 3.05) is 11.5 Å². The molecule has 7 heteroatoms. The number of aryl methyl sites for hydroxylation is 1. The molecule has 2 aromatic carbocycles. The van der Waals surface area contributed by atoms with E-state index >= 15 is 0 Å². The van der Waals surface area contributed by atoms with Gasteiger partial charge in [0.2, 0.25) is 0 Å². The highest BCUT2D eigenvalue weighted by Gasteiger charge is 2.36. The van der Waals surface area contributed by atoms with Gasteiger partial charge in [-0.2, -0.15) is 0 Å². The summed E-state index contributed by atoms with van der Waals surface area (Å²) < 4.78 is 30.2. The Labute approximate surface area is 194 Å². The summed E-state index contributed by atoms with van der Waals surface area (Å²) in [7, 11) is -3.21. The predicted octanol–water partition coefficient (Wildman–Crippen LogP) is 4.23. The van der Waals surface area contributed by atoms with Gasteiger partial charge in [0, 0.05) is 18.7 Å². The Balaban J connectivity index is 1.72. The Hall–Kier alpha value is -2.93. The fraction of sp³-hybridized carbons (Fsp3) is 0.385. The van der Waals surface area contributed by atoms with Crippen LogP contribution in [0.5, 0.6) is 0 Å². The number of amides is 1. The van der Waals surface area contributed by atoms with Crippen molar-refractivity contribution >= 4 is 26.7 Å². The molecule has 1 aliphatic rings. The molecule has 0 radical (unpaired) electrons. The lowest BCUT2D eigenvalue weighted by molar-refractivity contribution is 0.0648. The summed E-state index contributed by atoms with van der Waals surface area (Å²) in [6.07, 6.45) is 0.366. The lowest BCUT2D eigenvalue weighted by Crippen LogP contribution is -2.41. The molecule has 0 saturated carbocycles. The molecule has 1 atom stereocenters. The van der Waals surface area contributed by atoms with Gasteiger partial charge in [-0.15, -0.1) is 0 Å². The second kappa shape index (κ2) is 8.45. The van der Waals surface area contributed by atoms with Crippen LogP contribution >= 0.6 is 0 Å². The van der Waals surface area contributed by atoms with Gasteiger partial charge < -0.3 is 9.32 Å². The summed E-state index contributed by atoms with van der Waals surface area (Å²) in [6, 6.07) is 14.0.